The van der Waals surface area contributed by atoms with Crippen LogP contribution in [0.4, 0.5) is 0 Å². The third-order valence-electron chi connectivity index (χ3n) is 4.90. The molecule has 3 heteroatoms. The molecule has 1 amide bonds. The zero-order valence-electron chi connectivity index (χ0n) is 13.1. The van der Waals surface area contributed by atoms with Crippen LogP contribution >= 0.6 is 0 Å². The molecular weight excluding hydrogens is 248 g/mol. The van der Waals surface area contributed by atoms with Crippen LogP contribution in [0.25, 0.3) is 0 Å². The highest BCUT2D eigenvalue weighted by molar-refractivity contribution is 5.76. The van der Waals surface area contributed by atoms with Crippen molar-refractivity contribution >= 4 is 5.91 Å². The number of carbonyl (C=O) groups is 1. The highest BCUT2D eigenvalue weighted by Gasteiger charge is 2.33. The van der Waals surface area contributed by atoms with Crippen LogP contribution in [0, 0.1) is 5.92 Å². The summed E-state index contributed by atoms with van der Waals surface area (Å²) in [7, 11) is 0. The van der Waals surface area contributed by atoms with Crippen LogP contribution in [-0.4, -0.2) is 24.5 Å². The molecule has 0 aliphatic carbocycles. The average Bonchev–Trinajstić information content (AvgIpc) is 2.77. The van der Waals surface area contributed by atoms with E-state index in [0.717, 1.165) is 19.4 Å². The van der Waals surface area contributed by atoms with Crippen LogP contribution in [0.15, 0.2) is 0 Å². The van der Waals surface area contributed by atoms with Crippen LogP contribution in [0.1, 0.15) is 77.6 Å². The Hall–Kier alpha value is -0.570. The quantitative estimate of drug-likeness (QED) is 0.636. The van der Waals surface area contributed by atoms with Crippen molar-refractivity contribution in [1.82, 2.24) is 10.6 Å². The van der Waals surface area contributed by atoms with Crippen LogP contribution in [0.5, 0.6) is 0 Å². The predicted octanol–water partition coefficient (Wildman–Crippen LogP) is 3.38. The standard InChI is InChI=1S/C17H32N2O/c1-2-3-4-5-6-7-10-18-17(20)13-14-11-15-8-9-16(12-14)19-15/h14-16,19H,2-13H2,1H3,(H,18,20). The van der Waals surface area contributed by atoms with Crippen molar-refractivity contribution in [3.05, 3.63) is 0 Å². The molecule has 2 bridgehead atoms. The van der Waals surface area contributed by atoms with Gasteiger partial charge in [-0.25, -0.2) is 0 Å². The van der Waals surface area contributed by atoms with Gasteiger partial charge >= 0.3 is 0 Å². The van der Waals surface area contributed by atoms with Crippen LogP contribution < -0.4 is 10.6 Å². The van der Waals surface area contributed by atoms with Gasteiger partial charge in [0.2, 0.25) is 5.91 Å². The zero-order chi connectivity index (χ0) is 14.2. The summed E-state index contributed by atoms with van der Waals surface area (Å²) >= 11 is 0. The first kappa shape index (κ1) is 15.8. The minimum Gasteiger partial charge on any atom is -0.356 e. The van der Waals surface area contributed by atoms with Gasteiger partial charge in [-0.15, -0.1) is 0 Å². The van der Waals surface area contributed by atoms with Crippen molar-refractivity contribution in [2.75, 3.05) is 6.54 Å². The third-order valence-corrected chi connectivity index (χ3v) is 4.90. The Balaban J connectivity index is 1.48. The fourth-order valence-electron chi connectivity index (χ4n) is 3.81. The number of hydrogen-bond donors (Lipinski definition) is 2. The van der Waals surface area contributed by atoms with Gasteiger partial charge in [0, 0.05) is 25.0 Å². The van der Waals surface area contributed by atoms with Crippen molar-refractivity contribution in [3.63, 3.8) is 0 Å². The second-order valence-corrected chi connectivity index (χ2v) is 6.80. The minimum absolute atomic E-state index is 0.282. The molecule has 2 rings (SSSR count). The lowest BCUT2D eigenvalue weighted by Gasteiger charge is -2.28. The molecule has 2 fully saturated rings. The van der Waals surface area contributed by atoms with Gasteiger partial charge in [0.15, 0.2) is 0 Å². The van der Waals surface area contributed by atoms with E-state index < -0.39 is 0 Å². The molecule has 20 heavy (non-hydrogen) atoms. The number of unbranched alkanes of at least 4 members (excludes halogenated alkanes) is 5. The van der Waals surface area contributed by atoms with Crippen LogP contribution in [0.2, 0.25) is 0 Å². The molecular formula is C17H32N2O. The second-order valence-electron chi connectivity index (χ2n) is 6.80. The summed E-state index contributed by atoms with van der Waals surface area (Å²) in [6, 6.07) is 1.40. The Morgan fingerprint density at radius 1 is 1.05 bits per heavy atom. The molecule has 0 radical (unpaired) electrons. The minimum atomic E-state index is 0.282. The summed E-state index contributed by atoms with van der Waals surface area (Å²) in [5.41, 5.74) is 0. The molecule has 2 N–H and O–H groups in total. The summed E-state index contributed by atoms with van der Waals surface area (Å²) in [4.78, 5) is 11.9. The van der Waals surface area contributed by atoms with E-state index in [-0.39, 0.29) is 5.91 Å². The van der Waals surface area contributed by atoms with E-state index in [0.29, 0.717) is 18.0 Å². The van der Waals surface area contributed by atoms with Crippen molar-refractivity contribution in [1.29, 1.82) is 0 Å². The Morgan fingerprint density at radius 3 is 2.40 bits per heavy atom. The van der Waals surface area contributed by atoms with Crippen molar-refractivity contribution in [3.8, 4) is 0 Å². The smallest absolute Gasteiger partial charge is 0.220 e. The molecule has 2 atom stereocenters. The molecule has 0 aromatic rings. The maximum Gasteiger partial charge on any atom is 0.220 e. The number of rotatable bonds is 9. The summed E-state index contributed by atoms with van der Waals surface area (Å²) in [5.74, 6) is 0.906. The molecule has 2 unspecified atom stereocenters. The summed E-state index contributed by atoms with van der Waals surface area (Å²) in [5, 5.41) is 6.75. The molecule has 2 heterocycles. The fraction of sp³-hybridized carbons (Fsp3) is 0.941. The van der Waals surface area contributed by atoms with Gasteiger partial charge in [-0.05, 0) is 38.0 Å². The van der Waals surface area contributed by atoms with Gasteiger partial charge < -0.3 is 10.6 Å². The molecule has 116 valence electrons. The van der Waals surface area contributed by atoms with Crippen molar-refractivity contribution < 1.29 is 4.79 Å². The number of amides is 1. The van der Waals surface area contributed by atoms with Crippen molar-refractivity contribution in [2.45, 2.75) is 89.6 Å². The largest absolute Gasteiger partial charge is 0.356 e. The highest BCUT2D eigenvalue weighted by Crippen LogP contribution is 2.32. The average molecular weight is 280 g/mol. The molecule has 2 saturated heterocycles. The topological polar surface area (TPSA) is 41.1 Å². The Bertz CT molecular complexity index is 281. The predicted molar refractivity (Wildman–Crippen MR) is 83.7 cm³/mol. The molecule has 2 aliphatic heterocycles. The molecule has 0 aromatic heterocycles. The Labute approximate surface area is 124 Å². The number of piperidine rings is 1. The summed E-state index contributed by atoms with van der Waals surface area (Å²) in [6.45, 7) is 3.12. The van der Waals surface area contributed by atoms with Gasteiger partial charge in [0.25, 0.3) is 0 Å². The lowest BCUT2D eigenvalue weighted by molar-refractivity contribution is -0.122. The van der Waals surface area contributed by atoms with Gasteiger partial charge in [-0.1, -0.05) is 39.0 Å². The number of nitrogens with one attached hydrogen (secondary N) is 2. The van der Waals surface area contributed by atoms with Crippen molar-refractivity contribution in [2.24, 2.45) is 5.92 Å². The molecule has 0 spiro atoms. The third kappa shape index (κ3) is 5.43. The monoisotopic (exact) mass is 280 g/mol. The van der Waals surface area contributed by atoms with E-state index >= 15 is 0 Å². The highest BCUT2D eigenvalue weighted by atomic mass is 16.1. The van der Waals surface area contributed by atoms with Gasteiger partial charge in [-0.2, -0.15) is 0 Å². The van der Waals surface area contributed by atoms with E-state index in [9.17, 15) is 4.79 Å². The zero-order valence-corrected chi connectivity index (χ0v) is 13.1. The molecule has 2 aliphatic rings. The van der Waals surface area contributed by atoms with Crippen LogP contribution in [-0.2, 0) is 4.79 Å². The lowest BCUT2D eigenvalue weighted by atomic mass is 9.89. The normalized spacial score (nSPS) is 28.6. The van der Waals surface area contributed by atoms with Gasteiger partial charge in [0.05, 0.1) is 0 Å². The van der Waals surface area contributed by atoms with Gasteiger partial charge in [0.1, 0.15) is 0 Å². The molecule has 3 nitrogen and oxygen atoms in total. The van der Waals surface area contributed by atoms with E-state index in [1.54, 1.807) is 0 Å². The number of hydrogen-bond acceptors (Lipinski definition) is 2. The second kappa shape index (κ2) is 8.66. The first-order chi connectivity index (χ1) is 9.78. The number of fused-ring (bicyclic) bond motifs is 2. The summed E-state index contributed by atoms with van der Waals surface area (Å²) in [6.07, 6.45) is 13.5. The molecule has 0 saturated carbocycles. The van der Waals surface area contributed by atoms with Gasteiger partial charge in [-0.3, -0.25) is 4.79 Å². The maximum absolute atomic E-state index is 11.9. The summed E-state index contributed by atoms with van der Waals surface area (Å²) < 4.78 is 0. The lowest BCUT2D eigenvalue weighted by Crippen LogP contribution is -2.39. The maximum atomic E-state index is 11.9. The van der Waals surface area contributed by atoms with E-state index in [4.69, 9.17) is 0 Å². The first-order valence-electron chi connectivity index (χ1n) is 8.80. The first-order valence-corrected chi connectivity index (χ1v) is 8.80. The molecule has 0 aromatic carbocycles. The van der Waals surface area contributed by atoms with Crippen LogP contribution in [0.3, 0.4) is 0 Å². The Kier molecular flexibility index (Phi) is 6.85. The fourth-order valence-corrected chi connectivity index (χ4v) is 3.81. The van der Waals surface area contributed by atoms with E-state index in [1.165, 1.54) is 57.8 Å². The number of carbonyl (C=O) groups excluding carboxylic acids is 1. The Morgan fingerprint density at radius 2 is 1.70 bits per heavy atom. The van der Waals surface area contributed by atoms with E-state index in [1.807, 2.05) is 0 Å². The SMILES string of the molecule is CCCCCCCCNC(=O)CC1CC2CCC(C1)N2. The van der Waals surface area contributed by atoms with E-state index in [2.05, 4.69) is 17.6 Å².